The third kappa shape index (κ3) is 17.6. The van der Waals surface area contributed by atoms with E-state index in [0.29, 0.717) is 110 Å². The van der Waals surface area contributed by atoms with Gasteiger partial charge in [0.05, 0.1) is 56.2 Å². The van der Waals surface area contributed by atoms with Crippen molar-refractivity contribution in [2.45, 2.75) is 270 Å². The van der Waals surface area contributed by atoms with Crippen LogP contribution in [0, 0.1) is 0 Å². The number of rotatable bonds is 30. The molecule has 2 aromatic carbocycles. The molecular weight excluding hydrogens is 979 g/mol. The normalized spacial score (nSPS) is 24.3. The summed E-state index contributed by atoms with van der Waals surface area (Å²) in [6, 6.07) is 7.81. The van der Waals surface area contributed by atoms with Crippen LogP contribution in [0.4, 0.5) is 0 Å². The van der Waals surface area contributed by atoms with Crippen LogP contribution in [0.1, 0.15) is 225 Å². The lowest BCUT2D eigenvalue weighted by atomic mass is 10.0. The number of nitrogens with zero attached hydrogens (tertiary/aromatic N) is 1. The van der Waals surface area contributed by atoms with Crippen molar-refractivity contribution < 1.29 is 56.8 Å². The van der Waals surface area contributed by atoms with E-state index in [1.807, 2.05) is 24.3 Å². The van der Waals surface area contributed by atoms with E-state index in [1.54, 1.807) is 0 Å². The predicted octanol–water partition coefficient (Wildman–Crippen LogP) is 15.4. The van der Waals surface area contributed by atoms with Crippen molar-refractivity contribution in [3.05, 3.63) is 34.5 Å². The van der Waals surface area contributed by atoms with E-state index in [2.05, 4.69) is 11.5 Å². The molecule has 0 radical (unpaired) electrons. The Morgan fingerprint density at radius 3 is 1.17 bits per heavy atom. The third-order valence-corrected chi connectivity index (χ3v) is 16.2. The van der Waals surface area contributed by atoms with Crippen LogP contribution in [0.3, 0.4) is 0 Å². The number of hydrogen-bond acceptors (Lipinski definition) is 13. The van der Waals surface area contributed by atoms with Gasteiger partial charge in [0.2, 0.25) is 11.2 Å². The zero-order valence-corrected chi connectivity index (χ0v) is 47.0. The van der Waals surface area contributed by atoms with Gasteiger partial charge in [-0.05, 0) is 95.6 Å². The van der Waals surface area contributed by atoms with E-state index >= 15 is 4.79 Å². The second kappa shape index (κ2) is 31.9. The molecule has 0 bridgehead atoms. The number of hydrogen-bond donors (Lipinski definition) is 0. The van der Waals surface area contributed by atoms with Gasteiger partial charge in [0.1, 0.15) is 11.5 Å². The van der Waals surface area contributed by atoms with Crippen LogP contribution in [0.5, 0.6) is 34.5 Å². The number of pyridine rings is 1. The summed E-state index contributed by atoms with van der Waals surface area (Å²) >= 11 is 0. The van der Waals surface area contributed by atoms with Gasteiger partial charge >= 0.3 is 0 Å². The quantitative estimate of drug-likeness (QED) is 0.0587. The molecule has 6 aliphatic rings. The molecule has 0 aliphatic carbocycles. The largest absolute Gasteiger partial charge is 0.465 e. The monoisotopic (exact) mass is 1070 g/mol. The maximum absolute atomic E-state index is 15.9. The molecule has 3 aromatic rings. The average molecular weight is 1070 g/mol. The molecule has 0 amide bonds. The Balaban J connectivity index is 1.11. The smallest absolute Gasteiger partial charge is 0.235 e. The number of unbranched alkanes of at least 4 members (excludes halogenated alkanes) is 15. The van der Waals surface area contributed by atoms with Gasteiger partial charge in [0.25, 0.3) is 0 Å². The summed E-state index contributed by atoms with van der Waals surface area (Å²) in [6.45, 7) is 6.44. The molecular formula is C63H95NO13. The second-order valence-corrected chi connectivity index (χ2v) is 22.6. The molecule has 7 heterocycles. The Kier molecular flexibility index (Phi) is 23.9. The first-order chi connectivity index (χ1) is 38.1. The lowest BCUT2D eigenvalue weighted by Gasteiger charge is -2.31. The van der Waals surface area contributed by atoms with E-state index in [9.17, 15) is 0 Å². The van der Waals surface area contributed by atoms with Crippen LogP contribution < -0.4 is 33.8 Å². The molecule has 0 spiro atoms. The number of benzene rings is 2. The predicted molar refractivity (Wildman–Crippen MR) is 299 cm³/mol. The van der Waals surface area contributed by atoms with E-state index in [-0.39, 0.29) is 11.2 Å². The molecule has 6 saturated heterocycles. The van der Waals surface area contributed by atoms with E-state index in [1.165, 1.54) is 83.5 Å². The Hall–Kier alpha value is -3.79. The fourth-order valence-corrected chi connectivity index (χ4v) is 11.8. The Bertz CT molecular complexity index is 2190. The van der Waals surface area contributed by atoms with Gasteiger partial charge in [0, 0.05) is 62.8 Å². The maximum Gasteiger partial charge on any atom is 0.235 e. The molecule has 6 fully saturated rings. The topological polar surface area (TPSA) is 133 Å². The molecule has 1 aromatic heterocycles. The van der Waals surface area contributed by atoms with E-state index < -0.39 is 37.7 Å². The van der Waals surface area contributed by atoms with Crippen molar-refractivity contribution in [3.63, 3.8) is 0 Å². The summed E-state index contributed by atoms with van der Waals surface area (Å²) in [4.78, 5) is 15.9. The molecule has 430 valence electrons. The summed E-state index contributed by atoms with van der Waals surface area (Å²) in [5.74, 6) is 2.48. The van der Waals surface area contributed by atoms with Crippen LogP contribution >= 0.6 is 0 Å². The van der Waals surface area contributed by atoms with Crippen molar-refractivity contribution >= 4 is 10.9 Å². The number of fused-ring (bicyclic) bond motifs is 1. The van der Waals surface area contributed by atoms with Gasteiger partial charge in [-0.1, -0.05) is 103 Å². The van der Waals surface area contributed by atoms with E-state index in [0.717, 1.165) is 122 Å². The summed E-state index contributed by atoms with van der Waals surface area (Å²) in [6.07, 6.45) is 33.2. The molecule has 14 nitrogen and oxygen atoms in total. The molecule has 0 N–H and O–H groups in total. The molecule has 0 saturated carbocycles. The first-order valence-corrected chi connectivity index (χ1v) is 31.2. The Morgan fingerprint density at radius 2 is 0.766 bits per heavy atom. The molecule has 9 rings (SSSR count). The lowest BCUT2D eigenvalue weighted by Crippen LogP contribution is -2.30. The molecule has 6 unspecified atom stereocenters. The van der Waals surface area contributed by atoms with E-state index in [4.69, 9.17) is 56.8 Å². The van der Waals surface area contributed by atoms with Gasteiger partial charge < -0.3 is 61.4 Å². The van der Waals surface area contributed by atoms with Crippen molar-refractivity contribution in [2.75, 3.05) is 39.6 Å². The van der Waals surface area contributed by atoms with Crippen LogP contribution in [-0.2, 0) is 35.0 Å². The van der Waals surface area contributed by atoms with Crippen LogP contribution in [0.25, 0.3) is 22.2 Å². The number of aromatic nitrogens is 1. The highest BCUT2D eigenvalue weighted by Gasteiger charge is 2.33. The van der Waals surface area contributed by atoms with Gasteiger partial charge in [-0.15, -0.1) is 0 Å². The zero-order chi connectivity index (χ0) is 52.7. The highest BCUT2D eigenvalue weighted by molar-refractivity contribution is 5.92. The first-order valence-electron chi connectivity index (χ1n) is 31.2. The van der Waals surface area contributed by atoms with Crippen molar-refractivity contribution in [2.24, 2.45) is 0 Å². The zero-order valence-electron chi connectivity index (χ0n) is 47.0. The third-order valence-electron chi connectivity index (χ3n) is 16.2. The van der Waals surface area contributed by atoms with Gasteiger partial charge in [-0.3, -0.25) is 4.79 Å². The average Bonchev–Trinajstić information content (AvgIpc) is 3.58. The van der Waals surface area contributed by atoms with Crippen LogP contribution in [0.15, 0.2) is 29.1 Å². The van der Waals surface area contributed by atoms with Gasteiger partial charge in [-0.25, -0.2) is 0 Å². The molecule has 77 heavy (non-hydrogen) atoms. The summed E-state index contributed by atoms with van der Waals surface area (Å²) in [5.41, 5.74) is 1.63. The van der Waals surface area contributed by atoms with Crippen molar-refractivity contribution in [1.82, 2.24) is 4.57 Å². The summed E-state index contributed by atoms with van der Waals surface area (Å²) in [7, 11) is 0. The highest BCUT2D eigenvalue weighted by Crippen LogP contribution is 2.48. The molecule has 14 heteroatoms. The van der Waals surface area contributed by atoms with Gasteiger partial charge in [0.15, 0.2) is 55.0 Å². The second-order valence-electron chi connectivity index (χ2n) is 22.6. The standard InChI is InChI=1S/C63H95NO13/c1-2-3-4-5-6-7-8-9-10-11-12-13-14-15-16-23-36-64-49-45-48(72-53-30-17-24-37-66-53)46-50(73-54-31-18-25-38-67-54)59(49)61(65)63(77-58-35-22-29-42-71-58)60(64)47-43-51(74-55-32-19-26-39-68-55)62(76-57-34-21-28-41-70-57)52(44-47)75-56-33-20-27-40-69-56/h43-46,53-58H,2-42H2,1H3. The summed E-state index contributed by atoms with van der Waals surface area (Å²) < 4.78 is 80.9. The van der Waals surface area contributed by atoms with Crippen molar-refractivity contribution in [3.8, 4) is 45.8 Å². The minimum absolute atomic E-state index is 0.184. The highest BCUT2D eigenvalue weighted by atomic mass is 16.7. The first kappa shape index (κ1) is 57.9. The minimum atomic E-state index is -0.627. The number of ether oxygens (including phenoxy) is 12. The van der Waals surface area contributed by atoms with Crippen molar-refractivity contribution in [1.29, 1.82) is 0 Å². The summed E-state index contributed by atoms with van der Waals surface area (Å²) in [5, 5.41) is 0.413. The SMILES string of the molecule is CCCCCCCCCCCCCCCCCCn1c(-c2cc(OC3CCCCO3)c(OC3CCCCO3)c(OC3CCCCO3)c2)c(OC2CCCCO2)c(=O)c2c(OC3CCCCO3)cc(OC3CCCCO3)cc21. The fraction of sp³-hybridized carbons (Fsp3) is 0.762. The van der Waals surface area contributed by atoms with Gasteiger partial charge in [-0.2, -0.15) is 0 Å². The minimum Gasteiger partial charge on any atom is -0.465 e. The van der Waals surface area contributed by atoms with Crippen LogP contribution in [-0.4, -0.2) is 81.9 Å². The molecule has 6 aliphatic heterocycles. The van der Waals surface area contributed by atoms with Crippen LogP contribution in [0.2, 0.25) is 0 Å². The molecule has 6 atom stereocenters. The Labute approximate surface area is 460 Å². The maximum atomic E-state index is 15.9. The lowest BCUT2D eigenvalue weighted by molar-refractivity contribution is -0.126. The number of aryl methyl sites for hydroxylation is 1. The fourth-order valence-electron chi connectivity index (χ4n) is 11.8. The Morgan fingerprint density at radius 1 is 0.403 bits per heavy atom.